The van der Waals surface area contributed by atoms with Crippen LogP contribution >= 0.6 is 0 Å². The van der Waals surface area contributed by atoms with Crippen LogP contribution in [0, 0.1) is 0 Å². The van der Waals surface area contributed by atoms with Crippen LogP contribution in [-0.2, 0) is 22.0 Å². The van der Waals surface area contributed by atoms with E-state index in [1.807, 2.05) is 0 Å². The molecular formula is C9H14N3O3S+. The second-order valence-electron chi connectivity index (χ2n) is 4.33. The maximum atomic E-state index is 12.3. The van der Waals surface area contributed by atoms with Crippen molar-refractivity contribution in [1.29, 1.82) is 0 Å². The van der Waals surface area contributed by atoms with Crippen molar-refractivity contribution in [1.82, 2.24) is 8.28 Å². The quantitative estimate of drug-likeness (QED) is 0.619. The molecule has 0 aliphatic carbocycles. The second kappa shape index (κ2) is 3.28. The third kappa shape index (κ3) is 1.39. The Hall–Kier alpha value is -0.920. The lowest BCUT2D eigenvalue weighted by molar-refractivity contribution is -0.670. The molecule has 0 spiro atoms. The maximum Gasteiger partial charge on any atom is 0.380 e. The molecule has 3 heterocycles. The molecule has 7 heteroatoms. The van der Waals surface area contributed by atoms with E-state index in [1.54, 1.807) is 34.6 Å². The van der Waals surface area contributed by atoms with Gasteiger partial charge in [0.05, 0.1) is 25.8 Å². The topological polar surface area (TPSA) is 55.4 Å². The van der Waals surface area contributed by atoms with Gasteiger partial charge >= 0.3 is 10.2 Å². The van der Waals surface area contributed by atoms with Crippen molar-refractivity contribution in [2.45, 2.75) is 18.6 Å². The molecule has 0 radical (unpaired) electrons. The fourth-order valence-electron chi connectivity index (χ4n) is 2.33. The molecule has 6 nitrogen and oxygen atoms in total. The van der Waals surface area contributed by atoms with Crippen molar-refractivity contribution in [2.24, 2.45) is 7.05 Å². The zero-order valence-electron chi connectivity index (χ0n) is 8.98. The van der Waals surface area contributed by atoms with Crippen LogP contribution in [0.25, 0.3) is 0 Å². The number of hydrogen-bond donors (Lipinski definition) is 0. The fourth-order valence-corrected chi connectivity index (χ4v) is 3.93. The molecule has 2 fully saturated rings. The summed E-state index contributed by atoms with van der Waals surface area (Å²) in [5, 5.41) is 0. The molecule has 2 aliphatic heterocycles. The zero-order chi connectivity index (χ0) is 11.3. The van der Waals surface area contributed by atoms with E-state index in [0.717, 1.165) is 6.42 Å². The van der Waals surface area contributed by atoms with Crippen molar-refractivity contribution < 1.29 is 17.7 Å². The Bertz CT molecular complexity index is 510. The molecule has 0 amide bonds. The van der Waals surface area contributed by atoms with Gasteiger partial charge in [0, 0.05) is 6.54 Å². The van der Waals surface area contributed by atoms with Gasteiger partial charge in [0.1, 0.15) is 12.4 Å². The number of rotatable bonds is 2. The Morgan fingerprint density at radius 3 is 2.81 bits per heavy atom. The Labute approximate surface area is 94.2 Å². The highest BCUT2D eigenvalue weighted by molar-refractivity contribution is 7.87. The van der Waals surface area contributed by atoms with Gasteiger partial charge in [-0.15, -0.1) is 3.97 Å². The minimum atomic E-state index is -3.40. The van der Waals surface area contributed by atoms with Crippen LogP contribution in [0.1, 0.15) is 6.42 Å². The van der Waals surface area contributed by atoms with Crippen LogP contribution in [0.15, 0.2) is 18.7 Å². The van der Waals surface area contributed by atoms with Crippen LogP contribution < -0.4 is 4.57 Å². The predicted molar refractivity (Wildman–Crippen MR) is 54.8 cm³/mol. The van der Waals surface area contributed by atoms with E-state index < -0.39 is 10.2 Å². The van der Waals surface area contributed by atoms with Gasteiger partial charge in [0.25, 0.3) is 6.33 Å². The monoisotopic (exact) mass is 244 g/mol. The van der Waals surface area contributed by atoms with Crippen molar-refractivity contribution in [3.63, 3.8) is 0 Å². The molecule has 0 saturated carbocycles. The van der Waals surface area contributed by atoms with Crippen molar-refractivity contribution in [3.8, 4) is 0 Å². The SMILES string of the molecule is C[n+]1ccn(S(=O)(=O)N2C[C@@H]3C[C@H]2CO3)c1. The lowest BCUT2D eigenvalue weighted by atomic mass is 10.3. The summed E-state index contributed by atoms with van der Waals surface area (Å²) in [5.41, 5.74) is 0. The van der Waals surface area contributed by atoms with Gasteiger partial charge < -0.3 is 4.74 Å². The molecule has 88 valence electrons. The van der Waals surface area contributed by atoms with Crippen molar-refractivity contribution in [2.75, 3.05) is 13.2 Å². The summed E-state index contributed by atoms with van der Waals surface area (Å²) in [6.45, 7) is 1.01. The zero-order valence-corrected chi connectivity index (χ0v) is 9.80. The van der Waals surface area contributed by atoms with Gasteiger partial charge in [-0.05, 0) is 6.42 Å². The second-order valence-corrected chi connectivity index (χ2v) is 6.12. The number of fused-ring (bicyclic) bond motifs is 2. The average molecular weight is 244 g/mol. The standard InChI is InChI=1S/C9H14N3O3S/c1-10-2-3-11(7-10)16(13,14)12-5-9-4-8(12)6-15-9/h2-3,7-9H,4-6H2,1H3/q+1/t8-,9-/m0/s1. The third-order valence-electron chi connectivity index (χ3n) is 3.16. The van der Waals surface area contributed by atoms with E-state index in [0.29, 0.717) is 13.2 Å². The highest BCUT2D eigenvalue weighted by Crippen LogP contribution is 2.30. The number of hydrogen-bond acceptors (Lipinski definition) is 3. The molecule has 3 rings (SSSR count). The lowest BCUT2D eigenvalue weighted by Gasteiger charge is -2.23. The van der Waals surface area contributed by atoms with Gasteiger partial charge in [-0.25, -0.2) is 4.57 Å². The molecule has 0 aromatic carbocycles. The van der Waals surface area contributed by atoms with E-state index in [2.05, 4.69) is 0 Å². The molecular weight excluding hydrogens is 230 g/mol. The first-order valence-electron chi connectivity index (χ1n) is 5.24. The molecule has 0 N–H and O–H groups in total. The molecule has 0 unspecified atom stereocenters. The summed E-state index contributed by atoms with van der Waals surface area (Å²) < 4.78 is 34.4. The fraction of sp³-hybridized carbons (Fsp3) is 0.667. The first kappa shape index (κ1) is 10.2. The van der Waals surface area contributed by atoms with Gasteiger partial charge in [-0.3, -0.25) is 0 Å². The molecule has 1 aromatic rings. The van der Waals surface area contributed by atoms with E-state index >= 15 is 0 Å². The van der Waals surface area contributed by atoms with Gasteiger partial charge in [-0.1, -0.05) is 0 Å². The largest absolute Gasteiger partial charge is 0.380 e. The molecule has 2 saturated heterocycles. The number of ether oxygens (including phenoxy) is 1. The average Bonchev–Trinajstić information content (AvgIpc) is 2.91. The van der Waals surface area contributed by atoms with Crippen molar-refractivity contribution >= 4 is 10.2 Å². The number of morpholine rings is 1. The number of imidazole rings is 1. The first-order valence-corrected chi connectivity index (χ1v) is 6.64. The minimum absolute atomic E-state index is 0.0164. The first-order chi connectivity index (χ1) is 7.57. The van der Waals surface area contributed by atoms with Gasteiger partial charge in [0.15, 0.2) is 0 Å². The molecule has 1 aromatic heterocycles. The van der Waals surface area contributed by atoms with Crippen LogP contribution in [0.3, 0.4) is 0 Å². The Kier molecular flexibility index (Phi) is 2.10. The van der Waals surface area contributed by atoms with Crippen molar-refractivity contribution in [3.05, 3.63) is 18.7 Å². The predicted octanol–water partition coefficient (Wildman–Crippen LogP) is -1.12. The smallest absolute Gasteiger partial charge is 0.375 e. The number of nitrogens with zero attached hydrogens (tertiary/aromatic N) is 3. The summed E-state index contributed by atoms with van der Waals surface area (Å²) in [4.78, 5) is 0. The summed E-state index contributed by atoms with van der Waals surface area (Å²) >= 11 is 0. The van der Waals surface area contributed by atoms with E-state index in [-0.39, 0.29) is 12.1 Å². The summed E-state index contributed by atoms with van der Waals surface area (Å²) in [5.74, 6) is 0. The van der Waals surface area contributed by atoms with E-state index in [1.165, 1.54) is 3.97 Å². The van der Waals surface area contributed by atoms with E-state index in [9.17, 15) is 8.42 Å². The van der Waals surface area contributed by atoms with Crippen LogP contribution in [-0.4, -0.2) is 42.0 Å². The molecule has 2 atom stereocenters. The highest BCUT2D eigenvalue weighted by atomic mass is 32.2. The van der Waals surface area contributed by atoms with Gasteiger partial charge in [0.2, 0.25) is 0 Å². The van der Waals surface area contributed by atoms with Crippen LogP contribution in [0.4, 0.5) is 0 Å². The number of aromatic nitrogens is 2. The Balaban J connectivity index is 1.94. The maximum absolute atomic E-state index is 12.3. The highest BCUT2D eigenvalue weighted by Gasteiger charge is 2.47. The third-order valence-corrected chi connectivity index (χ3v) is 4.95. The Morgan fingerprint density at radius 1 is 1.50 bits per heavy atom. The molecule has 16 heavy (non-hydrogen) atoms. The lowest BCUT2D eigenvalue weighted by Crippen LogP contribution is -2.44. The minimum Gasteiger partial charge on any atom is -0.375 e. The summed E-state index contributed by atoms with van der Waals surface area (Å²) in [6, 6.07) is 0.0164. The van der Waals surface area contributed by atoms with Crippen LogP contribution in [0.2, 0.25) is 0 Å². The molecule has 2 bridgehead atoms. The van der Waals surface area contributed by atoms with Crippen LogP contribution in [0.5, 0.6) is 0 Å². The molecule has 2 aliphatic rings. The van der Waals surface area contributed by atoms with Gasteiger partial charge in [-0.2, -0.15) is 12.7 Å². The number of aryl methyl sites for hydroxylation is 1. The Morgan fingerprint density at radius 2 is 2.31 bits per heavy atom. The normalized spacial score (nSPS) is 30.1. The van der Waals surface area contributed by atoms with E-state index in [4.69, 9.17) is 4.74 Å². The summed E-state index contributed by atoms with van der Waals surface area (Å²) in [6.07, 6.45) is 5.74. The summed E-state index contributed by atoms with van der Waals surface area (Å²) in [7, 11) is -1.60.